The molecule has 21 heavy (non-hydrogen) atoms. The maximum atomic E-state index is 12.2. The van der Waals surface area contributed by atoms with E-state index < -0.39 is 21.9 Å². The summed E-state index contributed by atoms with van der Waals surface area (Å²) in [7, 11) is 0. The van der Waals surface area contributed by atoms with Gasteiger partial charge in [0.05, 0.1) is 4.92 Å². The fraction of sp³-hybridized carbons (Fsp3) is 0.533. The molecule has 0 aliphatic carbocycles. The molecule has 0 spiro atoms. The highest BCUT2D eigenvalue weighted by molar-refractivity contribution is 5.95. The van der Waals surface area contributed by atoms with E-state index in [1.165, 1.54) is 6.07 Å². The number of phenolic OH excluding ortho intramolecular Hbond substituents is 1. The van der Waals surface area contributed by atoms with Gasteiger partial charge in [-0.05, 0) is 37.8 Å². The molecule has 0 heterocycles. The van der Waals surface area contributed by atoms with Gasteiger partial charge in [0.15, 0.2) is 5.75 Å². The number of nitro groups is 1. The predicted molar refractivity (Wildman–Crippen MR) is 80.4 cm³/mol. The number of carbonyl (C=O) groups excluding carboxylic acids is 1. The maximum absolute atomic E-state index is 12.2. The lowest BCUT2D eigenvalue weighted by atomic mass is 9.81. The van der Waals surface area contributed by atoms with Crippen molar-refractivity contribution in [2.24, 2.45) is 5.41 Å². The van der Waals surface area contributed by atoms with Gasteiger partial charge in [-0.15, -0.1) is 0 Å². The van der Waals surface area contributed by atoms with Gasteiger partial charge in [-0.3, -0.25) is 14.9 Å². The van der Waals surface area contributed by atoms with Crippen molar-refractivity contribution in [3.8, 4) is 5.75 Å². The molecule has 0 radical (unpaired) electrons. The van der Waals surface area contributed by atoms with Crippen molar-refractivity contribution in [1.82, 2.24) is 5.32 Å². The number of phenols is 1. The van der Waals surface area contributed by atoms with Crippen LogP contribution in [0.25, 0.3) is 0 Å². The number of hydrogen-bond donors (Lipinski definition) is 2. The van der Waals surface area contributed by atoms with Crippen molar-refractivity contribution in [2.45, 2.75) is 46.6 Å². The highest BCUT2D eigenvalue weighted by Gasteiger charge is 2.27. The molecule has 0 fully saturated rings. The predicted octanol–water partition coefficient (Wildman–Crippen LogP) is 3.25. The number of amides is 1. The van der Waals surface area contributed by atoms with Crippen molar-refractivity contribution in [1.29, 1.82) is 0 Å². The molecule has 1 rings (SSSR count). The second-order valence-electron chi connectivity index (χ2n) is 7.04. The highest BCUT2D eigenvalue weighted by Crippen LogP contribution is 2.28. The number of nitrogens with one attached hydrogen (secondary N) is 1. The lowest BCUT2D eigenvalue weighted by molar-refractivity contribution is -0.385. The van der Waals surface area contributed by atoms with Crippen LogP contribution in [0.15, 0.2) is 18.2 Å². The quantitative estimate of drug-likeness (QED) is 0.658. The summed E-state index contributed by atoms with van der Waals surface area (Å²) >= 11 is 0. The monoisotopic (exact) mass is 294 g/mol. The normalized spacial score (nSPS) is 12.0. The zero-order valence-corrected chi connectivity index (χ0v) is 13.1. The van der Waals surface area contributed by atoms with Crippen LogP contribution >= 0.6 is 0 Å². The van der Waals surface area contributed by atoms with E-state index in [0.29, 0.717) is 0 Å². The standard InChI is InChI=1S/C15H22N2O4/c1-14(2,3)9-15(4,5)16-13(19)10-6-7-11(17(20)21)12(18)8-10/h6-8,18H,9H2,1-5H3,(H,16,19). The van der Waals surface area contributed by atoms with Crippen LogP contribution < -0.4 is 5.32 Å². The number of aromatic hydroxyl groups is 1. The largest absolute Gasteiger partial charge is 0.502 e. The molecule has 1 aromatic rings. The lowest BCUT2D eigenvalue weighted by Gasteiger charge is -2.33. The summed E-state index contributed by atoms with van der Waals surface area (Å²) in [5, 5.41) is 23.1. The summed E-state index contributed by atoms with van der Waals surface area (Å²) in [6.45, 7) is 10.1. The van der Waals surface area contributed by atoms with E-state index in [1.54, 1.807) is 0 Å². The van der Waals surface area contributed by atoms with Crippen LogP contribution in [-0.2, 0) is 0 Å². The molecule has 0 saturated carbocycles. The van der Waals surface area contributed by atoms with Gasteiger partial charge >= 0.3 is 5.69 Å². The summed E-state index contributed by atoms with van der Waals surface area (Å²) in [6.07, 6.45) is 0.769. The van der Waals surface area contributed by atoms with Crippen LogP contribution in [0.1, 0.15) is 51.4 Å². The third kappa shape index (κ3) is 5.06. The molecule has 0 saturated heterocycles. The summed E-state index contributed by atoms with van der Waals surface area (Å²) in [5.41, 5.74) is -0.596. The fourth-order valence-electron chi connectivity index (χ4n) is 2.57. The molecule has 0 aromatic heterocycles. The molecule has 6 nitrogen and oxygen atoms in total. The van der Waals surface area contributed by atoms with E-state index in [-0.39, 0.29) is 16.9 Å². The Morgan fingerprint density at radius 3 is 2.29 bits per heavy atom. The number of carbonyl (C=O) groups is 1. The minimum absolute atomic E-state index is 0.0500. The van der Waals surface area contributed by atoms with E-state index in [9.17, 15) is 20.0 Å². The van der Waals surface area contributed by atoms with Crippen LogP contribution in [-0.4, -0.2) is 21.5 Å². The lowest BCUT2D eigenvalue weighted by Crippen LogP contribution is -2.45. The van der Waals surface area contributed by atoms with E-state index in [0.717, 1.165) is 18.6 Å². The number of rotatable bonds is 4. The Hall–Kier alpha value is -2.11. The number of hydrogen-bond acceptors (Lipinski definition) is 4. The second kappa shape index (κ2) is 5.71. The summed E-state index contributed by atoms with van der Waals surface area (Å²) < 4.78 is 0. The molecule has 6 heteroatoms. The topological polar surface area (TPSA) is 92.5 Å². The van der Waals surface area contributed by atoms with E-state index in [1.807, 2.05) is 13.8 Å². The third-order valence-corrected chi connectivity index (χ3v) is 2.86. The van der Waals surface area contributed by atoms with Gasteiger partial charge in [0.2, 0.25) is 0 Å². The minimum atomic E-state index is -0.694. The van der Waals surface area contributed by atoms with Crippen molar-refractivity contribution >= 4 is 11.6 Å². The molecule has 0 bridgehead atoms. The second-order valence-corrected chi connectivity index (χ2v) is 7.04. The molecule has 0 aliphatic heterocycles. The van der Waals surface area contributed by atoms with Crippen LogP contribution in [0.3, 0.4) is 0 Å². The van der Waals surface area contributed by atoms with Crippen LogP contribution in [0.5, 0.6) is 5.75 Å². The van der Waals surface area contributed by atoms with Crippen molar-refractivity contribution in [3.63, 3.8) is 0 Å². The van der Waals surface area contributed by atoms with E-state index in [4.69, 9.17) is 0 Å². The number of nitro benzene ring substituents is 1. The Morgan fingerprint density at radius 2 is 1.86 bits per heavy atom. The Morgan fingerprint density at radius 1 is 1.29 bits per heavy atom. The average Bonchev–Trinajstić information content (AvgIpc) is 2.23. The zero-order chi connectivity index (χ0) is 16.4. The Bertz CT molecular complexity index is 559. The summed E-state index contributed by atoms with van der Waals surface area (Å²) in [4.78, 5) is 22.1. The highest BCUT2D eigenvalue weighted by atomic mass is 16.6. The minimum Gasteiger partial charge on any atom is -0.502 e. The Labute approximate surface area is 124 Å². The first-order valence-corrected chi connectivity index (χ1v) is 6.71. The van der Waals surface area contributed by atoms with Gasteiger partial charge in [0.1, 0.15) is 0 Å². The molecular weight excluding hydrogens is 272 g/mol. The number of nitrogens with zero attached hydrogens (tertiary/aromatic N) is 1. The van der Waals surface area contributed by atoms with E-state index >= 15 is 0 Å². The van der Waals surface area contributed by atoms with Gasteiger partial charge in [-0.1, -0.05) is 20.8 Å². The number of benzene rings is 1. The van der Waals surface area contributed by atoms with Gasteiger partial charge in [-0.2, -0.15) is 0 Å². The third-order valence-electron chi connectivity index (χ3n) is 2.86. The van der Waals surface area contributed by atoms with Gasteiger partial charge < -0.3 is 10.4 Å². The maximum Gasteiger partial charge on any atom is 0.310 e. The van der Waals surface area contributed by atoms with Crippen molar-refractivity contribution in [3.05, 3.63) is 33.9 Å². The first-order chi connectivity index (χ1) is 9.41. The SMILES string of the molecule is CC(C)(C)CC(C)(C)NC(=O)c1ccc([N+](=O)[O-])c(O)c1. The van der Waals surface area contributed by atoms with Crippen LogP contribution in [0, 0.1) is 15.5 Å². The molecule has 1 aromatic carbocycles. The van der Waals surface area contributed by atoms with Crippen molar-refractivity contribution in [2.75, 3.05) is 0 Å². The molecule has 0 unspecified atom stereocenters. The average molecular weight is 294 g/mol. The van der Waals surface area contributed by atoms with Gasteiger partial charge in [0.25, 0.3) is 5.91 Å². The van der Waals surface area contributed by atoms with Gasteiger partial charge in [-0.25, -0.2) is 0 Å². The van der Waals surface area contributed by atoms with E-state index in [2.05, 4.69) is 26.1 Å². The summed E-state index contributed by atoms with van der Waals surface area (Å²) in [6, 6.07) is 3.57. The van der Waals surface area contributed by atoms with Crippen LogP contribution in [0.2, 0.25) is 0 Å². The molecule has 2 N–H and O–H groups in total. The van der Waals surface area contributed by atoms with Crippen molar-refractivity contribution < 1.29 is 14.8 Å². The van der Waals surface area contributed by atoms with Gasteiger partial charge in [0, 0.05) is 17.2 Å². The first-order valence-electron chi connectivity index (χ1n) is 6.71. The molecular formula is C15H22N2O4. The summed E-state index contributed by atoms with van der Waals surface area (Å²) in [5.74, 6) is -0.879. The molecule has 1 amide bonds. The Balaban J connectivity index is 2.90. The zero-order valence-electron chi connectivity index (χ0n) is 13.1. The smallest absolute Gasteiger partial charge is 0.310 e. The molecule has 116 valence electrons. The first kappa shape index (κ1) is 16.9. The molecule has 0 aliphatic rings. The van der Waals surface area contributed by atoms with Crippen LogP contribution in [0.4, 0.5) is 5.69 Å². The Kier molecular flexibility index (Phi) is 4.61. The molecule has 0 atom stereocenters. The fourth-order valence-corrected chi connectivity index (χ4v) is 2.57.